The molecule has 2 rings (SSSR count). The molecule has 0 aromatic rings. The molecule has 15 heavy (non-hydrogen) atoms. The molecule has 0 N–H and O–H groups in total. The molecule has 0 aliphatic carbocycles. The quantitative estimate of drug-likeness (QED) is 0.471. The molecule has 2 aliphatic heterocycles. The molecule has 0 aromatic heterocycles. The van der Waals surface area contributed by atoms with Crippen molar-refractivity contribution in [3.05, 3.63) is 12.3 Å². The predicted octanol–water partition coefficient (Wildman–Crippen LogP) is 0.588. The van der Waals surface area contributed by atoms with Crippen LogP contribution in [0.4, 0.5) is 4.79 Å². The first kappa shape index (κ1) is 9.97. The number of fused-ring (bicyclic) bond motifs is 1. The van der Waals surface area contributed by atoms with Crippen molar-refractivity contribution in [3.63, 3.8) is 0 Å². The van der Waals surface area contributed by atoms with Crippen molar-refractivity contribution in [2.24, 2.45) is 0 Å². The Labute approximate surface area is 86.4 Å². The fraction of sp³-hybridized carbons (Fsp3) is 0.556. The molecule has 0 saturated carbocycles. The fourth-order valence-electron chi connectivity index (χ4n) is 1.75. The van der Waals surface area contributed by atoms with Gasteiger partial charge in [0, 0.05) is 21.0 Å². The highest BCUT2D eigenvalue weighted by Gasteiger charge is 2.69. The second-order valence-electron chi connectivity index (χ2n) is 3.67. The number of amides is 1. The van der Waals surface area contributed by atoms with Crippen molar-refractivity contribution in [1.29, 1.82) is 0 Å². The van der Waals surface area contributed by atoms with Crippen LogP contribution in [0.3, 0.4) is 0 Å². The minimum absolute atomic E-state index is 0.0386. The van der Waals surface area contributed by atoms with Gasteiger partial charge in [0.25, 0.3) is 11.5 Å². The zero-order valence-corrected chi connectivity index (χ0v) is 8.70. The van der Waals surface area contributed by atoms with E-state index in [1.54, 1.807) is 0 Å². The zero-order valence-electron chi connectivity index (χ0n) is 8.70. The van der Waals surface area contributed by atoms with Gasteiger partial charge in [0.15, 0.2) is 0 Å². The molecule has 6 nitrogen and oxygen atoms in total. The Morgan fingerprint density at radius 3 is 2.47 bits per heavy atom. The average molecular weight is 213 g/mol. The van der Waals surface area contributed by atoms with E-state index in [9.17, 15) is 9.59 Å². The summed E-state index contributed by atoms with van der Waals surface area (Å²) in [7, 11) is 1.37. The first-order valence-electron chi connectivity index (χ1n) is 4.36. The number of hydrogen-bond acceptors (Lipinski definition) is 5. The van der Waals surface area contributed by atoms with E-state index >= 15 is 0 Å². The lowest BCUT2D eigenvalue weighted by molar-refractivity contribution is -0.255. The van der Waals surface area contributed by atoms with Crippen LogP contribution in [0.15, 0.2) is 12.3 Å². The predicted molar refractivity (Wildman–Crippen MR) is 47.4 cm³/mol. The van der Waals surface area contributed by atoms with Crippen LogP contribution < -0.4 is 0 Å². The van der Waals surface area contributed by atoms with Crippen LogP contribution in [-0.2, 0) is 19.0 Å². The van der Waals surface area contributed by atoms with E-state index < -0.39 is 23.6 Å². The van der Waals surface area contributed by atoms with E-state index in [0.717, 1.165) is 4.90 Å². The Morgan fingerprint density at radius 2 is 1.93 bits per heavy atom. The summed E-state index contributed by atoms with van der Waals surface area (Å²) in [5.41, 5.74) is -1.32. The molecule has 82 valence electrons. The highest BCUT2D eigenvalue weighted by atomic mass is 16.8. The molecule has 0 radical (unpaired) electrons. The maximum atomic E-state index is 11.5. The van der Waals surface area contributed by atoms with E-state index in [1.165, 1.54) is 21.0 Å². The summed E-state index contributed by atoms with van der Waals surface area (Å²) in [5.74, 6) is -1.96. The summed E-state index contributed by atoms with van der Waals surface area (Å²) >= 11 is 0. The van der Waals surface area contributed by atoms with Gasteiger partial charge >= 0.3 is 12.1 Å². The van der Waals surface area contributed by atoms with E-state index in [1.807, 2.05) is 0 Å². The number of ether oxygens (including phenoxy) is 3. The lowest BCUT2D eigenvalue weighted by Gasteiger charge is -2.33. The molecule has 0 unspecified atom stereocenters. The van der Waals surface area contributed by atoms with Gasteiger partial charge in [0.1, 0.15) is 5.70 Å². The molecule has 2 aliphatic rings. The molecule has 0 spiro atoms. The number of rotatable bonds is 1. The number of cyclic esters (lactones) is 1. The summed E-state index contributed by atoms with van der Waals surface area (Å²) in [6, 6.07) is 0. The first-order chi connectivity index (χ1) is 6.85. The summed E-state index contributed by atoms with van der Waals surface area (Å²) in [4.78, 5) is 23.9. The zero-order chi connectivity index (χ0) is 11.4. The summed E-state index contributed by atoms with van der Waals surface area (Å²) < 4.78 is 15.2. The maximum Gasteiger partial charge on any atom is 0.420 e. The van der Waals surface area contributed by atoms with Crippen molar-refractivity contribution in [3.8, 4) is 0 Å². The SMILES string of the molecule is C=C1C(=O)O[C@]2(C)N1C(=O)O[C@@]2(C)OC. The van der Waals surface area contributed by atoms with Crippen LogP contribution in [0, 0.1) is 0 Å². The van der Waals surface area contributed by atoms with E-state index in [4.69, 9.17) is 14.2 Å². The number of carbonyl (C=O) groups is 2. The normalized spacial score (nSPS) is 39.1. The molecule has 0 aromatic carbocycles. The van der Waals surface area contributed by atoms with Crippen LogP contribution in [0.2, 0.25) is 0 Å². The maximum absolute atomic E-state index is 11.5. The molecule has 2 fully saturated rings. The Hall–Kier alpha value is -1.56. The van der Waals surface area contributed by atoms with Crippen molar-refractivity contribution in [2.75, 3.05) is 7.11 Å². The molecular formula is C9H11NO5. The first-order valence-corrected chi connectivity index (χ1v) is 4.36. The second-order valence-corrected chi connectivity index (χ2v) is 3.67. The molecule has 6 heteroatoms. The topological polar surface area (TPSA) is 65.1 Å². The lowest BCUT2D eigenvalue weighted by atomic mass is 10.1. The number of carbonyl (C=O) groups excluding carboxylic acids is 2. The van der Waals surface area contributed by atoms with Gasteiger partial charge in [0.05, 0.1) is 0 Å². The molecule has 2 heterocycles. The van der Waals surface area contributed by atoms with E-state index in [2.05, 4.69) is 6.58 Å². The van der Waals surface area contributed by atoms with Crippen molar-refractivity contribution >= 4 is 12.1 Å². The van der Waals surface area contributed by atoms with E-state index in [-0.39, 0.29) is 5.70 Å². The van der Waals surface area contributed by atoms with Gasteiger partial charge in [-0.25, -0.2) is 14.5 Å². The molecule has 2 atom stereocenters. The van der Waals surface area contributed by atoms with Crippen LogP contribution in [0.5, 0.6) is 0 Å². The number of esters is 1. The highest BCUT2D eigenvalue weighted by molar-refractivity contribution is 5.96. The van der Waals surface area contributed by atoms with Crippen molar-refractivity contribution in [2.45, 2.75) is 25.4 Å². The van der Waals surface area contributed by atoms with Gasteiger partial charge in [-0.3, -0.25) is 0 Å². The summed E-state index contributed by atoms with van der Waals surface area (Å²) in [6.07, 6.45) is -0.697. The monoisotopic (exact) mass is 213 g/mol. The smallest absolute Gasteiger partial charge is 0.420 e. The standard InChI is InChI=1S/C9H11NO5/c1-5-6(11)14-8(2)9(3,13-4)15-7(12)10(5)8/h1H2,2-4H3/t8-,9+/m0/s1. The van der Waals surface area contributed by atoms with Crippen molar-refractivity contribution < 1.29 is 23.8 Å². The largest absolute Gasteiger partial charge is 0.427 e. The number of hydrogen-bond donors (Lipinski definition) is 0. The highest BCUT2D eigenvalue weighted by Crippen LogP contribution is 2.46. The minimum Gasteiger partial charge on any atom is -0.427 e. The third kappa shape index (κ3) is 0.918. The van der Waals surface area contributed by atoms with Gasteiger partial charge in [-0.15, -0.1) is 0 Å². The fourth-order valence-corrected chi connectivity index (χ4v) is 1.75. The number of nitrogens with zero attached hydrogens (tertiary/aromatic N) is 1. The second kappa shape index (κ2) is 2.52. The van der Waals surface area contributed by atoms with Crippen LogP contribution in [0.25, 0.3) is 0 Å². The van der Waals surface area contributed by atoms with Crippen LogP contribution >= 0.6 is 0 Å². The Balaban J connectivity index is 2.53. The van der Waals surface area contributed by atoms with Crippen molar-refractivity contribution in [1.82, 2.24) is 4.90 Å². The van der Waals surface area contributed by atoms with E-state index in [0.29, 0.717) is 0 Å². The third-order valence-corrected chi connectivity index (χ3v) is 2.92. The molecular weight excluding hydrogens is 202 g/mol. The summed E-state index contributed by atoms with van der Waals surface area (Å²) in [6.45, 7) is 6.53. The van der Waals surface area contributed by atoms with Crippen LogP contribution in [-0.4, -0.2) is 35.6 Å². The summed E-state index contributed by atoms with van der Waals surface area (Å²) in [5, 5.41) is 0. The lowest BCUT2D eigenvalue weighted by Crippen LogP contribution is -2.53. The number of methoxy groups -OCH3 is 1. The van der Waals surface area contributed by atoms with Gasteiger partial charge in [-0.2, -0.15) is 0 Å². The van der Waals surface area contributed by atoms with Gasteiger partial charge in [0.2, 0.25) is 0 Å². The minimum atomic E-state index is -1.32. The molecule has 0 bridgehead atoms. The Bertz CT molecular complexity index is 379. The van der Waals surface area contributed by atoms with Gasteiger partial charge < -0.3 is 14.2 Å². The van der Waals surface area contributed by atoms with Gasteiger partial charge in [-0.1, -0.05) is 6.58 Å². The van der Waals surface area contributed by atoms with Gasteiger partial charge in [-0.05, 0) is 0 Å². The Morgan fingerprint density at radius 1 is 1.33 bits per heavy atom. The molecule has 2 saturated heterocycles. The molecule has 1 amide bonds. The average Bonchev–Trinajstić information content (AvgIpc) is 2.48. The Kier molecular flexibility index (Phi) is 1.67. The third-order valence-electron chi connectivity index (χ3n) is 2.92. The van der Waals surface area contributed by atoms with Crippen LogP contribution in [0.1, 0.15) is 13.8 Å².